The molecule has 0 bridgehead atoms. The van der Waals surface area contributed by atoms with Crippen molar-refractivity contribution in [3.8, 4) is 0 Å². The molecule has 1 atom stereocenters. The van der Waals surface area contributed by atoms with Crippen molar-refractivity contribution in [1.82, 2.24) is 0 Å². The first-order valence-corrected chi connectivity index (χ1v) is 4.86. The Morgan fingerprint density at radius 2 is 1.93 bits per heavy atom. The lowest BCUT2D eigenvalue weighted by atomic mass is 9.96. The van der Waals surface area contributed by atoms with E-state index in [2.05, 4.69) is 4.74 Å². The average Bonchev–Trinajstić information content (AvgIpc) is 2.13. The normalized spacial score (nSPS) is 14.1. The lowest BCUT2D eigenvalue weighted by molar-refractivity contribution is -0.150. The van der Waals surface area contributed by atoms with E-state index in [1.165, 1.54) is 14.0 Å². The van der Waals surface area contributed by atoms with Gasteiger partial charge in [0.1, 0.15) is 0 Å². The van der Waals surface area contributed by atoms with Gasteiger partial charge in [0.15, 0.2) is 0 Å². The molecule has 0 saturated heterocycles. The summed E-state index contributed by atoms with van der Waals surface area (Å²) >= 11 is 0. The Kier molecular flexibility index (Phi) is 5.93. The topological polar surface area (TPSA) is 72.8 Å². The van der Waals surface area contributed by atoms with Gasteiger partial charge in [0.2, 0.25) is 0 Å². The van der Waals surface area contributed by atoms with Gasteiger partial charge in [0, 0.05) is 6.42 Å². The fraction of sp³-hybridized carbons (Fsp3) is 0.800. The lowest BCUT2D eigenvalue weighted by Gasteiger charge is -2.21. The number of hydrogen-bond acceptors (Lipinski definition) is 5. The zero-order chi connectivity index (χ0) is 11.9. The Labute approximate surface area is 89.4 Å². The van der Waals surface area contributed by atoms with Crippen LogP contribution in [0.3, 0.4) is 0 Å². The van der Waals surface area contributed by atoms with Gasteiger partial charge in [-0.2, -0.15) is 0 Å². The lowest BCUT2D eigenvalue weighted by Crippen LogP contribution is -2.29. The molecule has 0 aromatic carbocycles. The predicted octanol–water partition coefficient (Wildman–Crippen LogP) is 0.644. The second-order valence-electron chi connectivity index (χ2n) is 3.55. The molecule has 5 nitrogen and oxygen atoms in total. The van der Waals surface area contributed by atoms with Crippen LogP contribution in [0.15, 0.2) is 0 Å². The SMILES string of the molecule is CCOC(=O)CC(C)(O)CCC(=O)OC. The van der Waals surface area contributed by atoms with Crippen LogP contribution in [-0.2, 0) is 19.1 Å². The summed E-state index contributed by atoms with van der Waals surface area (Å²) in [5.74, 6) is -0.869. The van der Waals surface area contributed by atoms with Gasteiger partial charge in [-0.1, -0.05) is 0 Å². The van der Waals surface area contributed by atoms with E-state index in [0.29, 0.717) is 0 Å². The number of esters is 2. The third-order valence-electron chi connectivity index (χ3n) is 1.93. The van der Waals surface area contributed by atoms with Crippen molar-refractivity contribution in [3.63, 3.8) is 0 Å². The van der Waals surface area contributed by atoms with Gasteiger partial charge < -0.3 is 14.6 Å². The van der Waals surface area contributed by atoms with Gasteiger partial charge in [-0.25, -0.2) is 0 Å². The molecule has 0 aromatic heterocycles. The van der Waals surface area contributed by atoms with E-state index >= 15 is 0 Å². The maximum Gasteiger partial charge on any atom is 0.308 e. The molecule has 0 fully saturated rings. The number of carbonyl (C=O) groups is 2. The number of methoxy groups -OCH3 is 1. The maximum atomic E-state index is 11.1. The van der Waals surface area contributed by atoms with E-state index in [0.717, 1.165) is 0 Å². The molecule has 1 unspecified atom stereocenters. The van der Waals surface area contributed by atoms with Crippen LogP contribution in [0, 0.1) is 0 Å². The highest BCUT2D eigenvalue weighted by molar-refractivity contribution is 5.71. The molecule has 0 heterocycles. The van der Waals surface area contributed by atoms with Crippen molar-refractivity contribution in [2.45, 2.75) is 38.7 Å². The molecule has 0 aromatic rings. The monoisotopic (exact) mass is 218 g/mol. The van der Waals surface area contributed by atoms with Crippen molar-refractivity contribution < 1.29 is 24.2 Å². The molecule has 0 rings (SSSR count). The van der Waals surface area contributed by atoms with E-state index in [4.69, 9.17) is 4.74 Å². The molecule has 0 aliphatic rings. The number of aliphatic hydroxyl groups is 1. The van der Waals surface area contributed by atoms with Gasteiger partial charge in [0.05, 0.1) is 25.7 Å². The molecule has 15 heavy (non-hydrogen) atoms. The van der Waals surface area contributed by atoms with E-state index in [-0.39, 0.29) is 25.9 Å². The Morgan fingerprint density at radius 3 is 2.40 bits per heavy atom. The van der Waals surface area contributed by atoms with Crippen LogP contribution in [0.4, 0.5) is 0 Å². The molecule has 88 valence electrons. The van der Waals surface area contributed by atoms with Gasteiger partial charge in [0.25, 0.3) is 0 Å². The quantitative estimate of drug-likeness (QED) is 0.662. The summed E-state index contributed by atoms with van der Waals surface area (Å²) in [6, 6.07) is 0. The zero-order valence-electron chi connectivity index (χ0n) is 9.41. The van der Waals surface area contributed by atoms with Crippen LogP contribution in [0.25, 0.3) is 0 Å². The number of ether oxygens (including phenoxy) is 2. The first-order chi connectivity index (χ1) is 6.91. The molecule has 0 saturated carbocycles. The van der Waals surface area contributed by atoms with Crippen molar-refractivity contribution in [2.75, 3.05) is 13.7 Å². The summed E-state index contributed by atoms with van der Waals surface area (Å²) < 4.78 is 9.13. The van der Waals surface area contributed by atoms with Crippen molar-refractivity contribution in [3.05, 3.63) is 0 Å². The van der Waals surface area contributed by atoms with Gasteiger partial charge in [-0.05, 0) is 20.3 Å². The molecule has 0 amide bonds. The summed E-state index contributed by atoms with van der Waals surface area (Å²) in [5.41, 5.74) is -1.22. The van der Waals surface area contributed by atoms with Gasteiger partial charge in [-0.15, -0.1) is 0 Å². The highest BCUT2D eigenvalue weighted by Gasteiger charge is 2.26. The van der Waals surface area contributed by atoms with Gasteiger partial charge in [-0.3, -0.25) is 9.59 Å². The molecule has 0 aliphatic heterocycles. The molecular formula is C10H18O5. The van der Waals surface area contributed by atoms with E-state index in [9.17, 15) is 14.7 Å². The minimum absolute atomic E-state index is 0.0862. The fourth-order valence-electron chi connectivity index (χ4n) is 1.08. The van der Waals surface area contributed by atoms with Crippen molar-refractivity contribution in [1.29, 1.82) is 0 Å². The smallest absolute Gasteiger partial charge is 0.308 e. The first kappa shape index (κ1) is 13.9. The predicted molar refractivity (Wildman–Crippen MR) is 53.1 cm³/mol. The van der Waals surface area contributed by atoms with Crippen molar-refractivity contribution in [2.24, 2.45) is 0 Å². The van der Waals surface area contributed by atoms with Crippen LogP contribution < -0.4 is 0 Å². The Hall–Kier alpha value is -1.10. The van der Waals surface area contributed by atoms with Crippen LogP contribution in [0.5, 0.6) is 0 Å². The van der Waals surface area contributed by atoms with Crippen LogP contribution in [0.1, 0.15) is 33.1 Å². The van der Waals surface area contributed by atoms with E-state index in [1.54, 1.807) is 6.92 Å². The number of carbonyl (C=O) groups excluding carboxylic acids is 2. The Morgan fingerprint density at radius 1 is 1.33 bits per heavy atom. The van der Waals surface area contributed by atoms with Gasteiger partial charge >= 0.3 is 11.9 Å². The molecular weight excluding hydrogens is 200 g/mol. The Balaban J connectivity index is 3.95. The van der Waals surface area contributed by atoms with Crippen molar-refractivity contribution >= 4 is 11.9 Å². The number of rotatable bonds is 6. The summed E-state index contributed by atoms with van der Waals surface area (Å²) in [7, 11) is 1.28. The second-order valence-corrected chi connectivity index (χ2v) is 3.55. The highest BCUT2D eigenvalue weighted by Crippen LogP contribution is 2.17. The molecule has 5 heteroatoms. The molecule has 0 spiro atoms. The molecule has 0 radical (unpaired) electrons. The minimum atomic E-state index is -1.22. The highest BCUT2D eigenvalue weighted by atomic mass is 16.5. The maximum absolute atomic E-state index is 11.1. The largest absolute Gasteiger partial charge is 0.469 e. The molecule has 0 aliphatic carbocycles. The van der Waals surface area contributed by atoms with E-state index in [1.807, 2.05) is 0 Å². The molecule has 1 N–H and O–H groups in total. The third-order valence-corrected chi connectivity index (χ3v) is 1.93. The summed E-state index contributed by atoms with van der Waals surface area (Å²) in [5, 5.41) is 9.75. The zero-order valence-corrected chi connectivity index (χ0v) is 9.41. The first-order valence-electron chi connectivity index (χ1n) is 4.86. The number of hydrogen-bond donors (Lipinski definition) is 1. The summed E-state index contributed by atoms with van der Waals surface area (Å²) in [4.78, 5) is 21.9. The standard InChI is InChI=1S/C10H18O5/c1-4-15-9(12)7-10(2,13)6-5-8(11)14-3/h13H,4-7H2,1-3H3. The fourth-order valence-corrected chi connectivity index (χ4v) is 1.08. The third kappa shape index (κ3) is 6.90. The minimum Gasteiger partial charge on any atom is -0.469 e. The average molecular weight is 218 g/mol. The van der Waals surface area contributed by atoms with E-state index < -0.39 is 17.5 Å². The van der Waals surface area contributed by atoms with Crippen LogP contribution in [0.2, 0.25) is 0 Å². The van der Waals surface area contributed by atoms with Crippen LogP contribution >= 0.6 is 0 Å². The second kappa shape index (κ2) is 6.40. The van der Waals surface area contributed by atoms with Crippen LogP contribution in [-0.4, -0.2) is 36.4 Å². The summed E-state index contributed by atoms with van der Waals surface area (Å²) in [6.07, 6.45) is 0.152. The Bertz CT molecular complexity index is 222. The summed E-state index contributed by atoms with van der Waals surface area (Å²) in [6.45, 7) is 3.47.